The van der Waals surface area contributed by atoms with Crippen LogP contribution in [0.25, 0.3) is 0 Å². The van der Waals surface area contributed by atoms with Gasteiger partial charge in [-0.15, -0.1) is 0 Å². The first kappa shape index (κ1) is 11.2. The smallest absolute Gasteiger partial charge is 0.227 e. The number of para-hydroxylation sites is 1. The van der Waals surface area contributed by atoms with Crippen molar-refractivity contribution in [3.63, 3.8) is 0 Å². The monoisotopic (exact) mass is 217 g/mol. The third-order valence-electron chi connectivity index (χ3n) is 3.46. The van der Waals surface area contributed by atoms with Crippen molar-refractivity contribution in [2.24, 2.45) is 5.92 Å². The van der Waals surface area contributed by atoms with Crippen LogP contribution in [0.1, 0.15) is 36.8 Å². The zero-order valence-corrected chi connectivity index (χ0v) is 10.0. The SMILES string of the molecule is Cc1cccc(C)c1NC(=O)C1CCCC1. The normalized spacial score (nSPS) is 16.4. The second kappa shape index (κ2) is 4.69. The molecule has 86 valence electrons. The van der Waals surface area contributed by atoms with Gasteiger partial charge in [0.05, 0.1) is 0 Å². The van der Waals surface area contributed by atoms with Crippen LogP contribution in [-0.2, 0) is 4.79 Å². The van der Waals surface area contributed by atoms with Crippen LogP contribution in [0.3, 0.4) is 0 Å². The van der Waals surface area contributed by atoms with E-state index in [-0.39, 0.29) is 11.8 Å². The molecule has 16 heavy (non-hydrogen) atoms. The van der Waals surface area contributed by atoms with Crippen LogP contribution in [0.2, 0.25) is 0 Å². The van der Waals surface area contributed by atoms with Crippen molar-refractivity contribution >= 4 is 11.6 Å². The van der Waals surface area contributed by atoms with Crippen molar-refractivity contribution in [3.05, 3.63) is 29.3 Å². The third kappa shape index (κ3) is 2.26. The predicted octanol–water partition coefficient (Wildman–Crippen LogP) is 3.43. The van der Waals surface area contributed by atoms with Crippen LogP contribution in [0.15, 0.2) is 18.2 Å². The molecule has 1 aliphatic rings. The van der Waals surface area contributed by atoms with E-state index in [1.54, 1.807) is 0 Å². The Labute approximate surface area is 97.1 Å². The summed E-state index contributed by atoms with van der Waals surface area (Å²) in [4.78, 5) is 12.0. The van der Waals surface area contributed by atoms with E-state index in [2.05, 4.69) is 5.32 Å². The molecule has 0 aliphatic heterocycles. The maximum absolute atomic E-state index is 12.0. The van der Waals surface area contributed by atoms with E-state index in [0.717, 1.165) is 29.7 Å². The molecule has 1 aromatic carbocycles. The molecule has 0 spiro atoms. The van der Waals surface area contributed by atoms with E-state index in [9.17, 15) is 4.79 Å². The Morgan fingerprint density at radius 2 is 1.75 bits per heavy atom. The van der Waals surface area contributed by atoms with Crippen LogP contribution in [0.4, 0.5) is 5.69 Å². The van der Waals surface area contributed by atoms with Crippen molar-refractivity contribution in [3.8, 4) is 0 Å². The van der Waals surface area contributed by atoms with Crippen molar-refractivity contribution < 1.29 is 4.79 Å². The summed E-state index contributed by atoms with van der Waals surface area (Å²) in [6.07, 6.45) is 4.50. The second-order valence-corrected chi connectivity index (χ2v) is 4.74. The first-order valence-electron chi connectivity index (χ1n) is 6.05. The number of amides is 1. The average molecular weight is 217 g/mol. The highest BCUT2D eigenvalue weighted by Crippen LogP contribution is 2.27. The molecule has 1 fully saturated rings. The molecule has 1 aliphatic carbocycles. The predicted molar refractivity (Wildman–Crippen MR) is 66.5 cm³/mol. The van der Waals surface area contributed by atoms with Gasteiger partial charge < -0.3 is 5.32 Å². The van der Waals surface area contributed by atoms with Crippen LogP contribution >= 0.6 is 0 Å². The van der Waals surface area contributed by atoms with Crippen molar-refractivity contribution in [2.75, 3.05) is 5.32 Å². The van der Waals surface area contributed by atoms with Gasteiger partial charge in [-0.05, 0) is 37.8 Å². The molecule has 0 unspecified atom stereocenters. The number of anilines is 1. The van der Waals surface area contributed by atoms with Crippen molar-refractivity contribution in [1.29, 1.82) is 0 Å². The van der Waals surface area contributed by atoms with Gasteiger partial charge in [-0.3, -0.25) is 4.79 Å². The average Bonchev–Trinajstić information content (AvgIpc) is 2.76. The Morgan fingerprint density at radius 1 is 1.19 bits per heavy atom. The highest BCUT2D eigenvalue weighted by atomic mass is 16.1. The minimum absolute atomic E-state index is 0.204. The summed E-state index contributed by atoms with van der Waals surface area (Å²) in [5.41, 5.74) is 3.29. The summed E-state index contributed by atoms with van der Waals surface area (Å²) in [6, 6.07) is 6.10. The maximum atomic E-state index is 12.0. The fourth-order valence-electron chi connectivity index (χ4n) is 2.42. The number of nitrogens with one attached hydrogen (secondary N) is 1. The van der Waals surface area contributed by atoms with Gasteiger partial charge in [-0.1, -0.05) is 31.0 Å². The topological polar surface area (TPSA) is 29.1 Å². The zero-order valence-electron chi connectivity index (χ0n) is 10.0. The third-order valence-corrected chi connectivity index (χ3v) is 3.46. The fourth-order valence-corrected chi connectivity index (χ4v) is 2.42. The molecule has 1 saturated carbocycles. The second-order valence-electron chi connectivity index (χ2n) is 4.74. The van der Waals surface area contributed by atoms with Gasteiger partial charge in [0.15, 0.2) is 0 Å². The quantitative estimate of drug-likeness (QED) is 0.808. The van der Waals surface area contributed by atoms with E-state index in [1.165, 1.54) is 12.8 Å². The fraction of sp³-hybridized carbons (Fsp3) is 0.500. The van der Waals surface area contributed by atoms with Crippen LogP contribution in [0, 0.1) is 19.8 Å². The maximum Gasteiger partial charge on any atom is 0.227 e. The van der Waals surface area contributed by atoms with Gasteiger partial charge in [0, 0.05) is 11.6 Å². The van der Waals surface area contributed by atoms with E-state index in [1.807, 2.05) is 32.0 Å². The molecule has 0 heterocycles. The number of carbonyl (C=O) groups excluding carboxylic acids is 1. The molecule has 0 atom stereocenters. The lowest BCUT2D eigenvalue weighted by atomic mass is 10.1. The van der Waals surface area contributed by atoms with Gasteiger partial charge in [0.1, 0.15) is 0 Å². The van der Waals surface area contributed by atoms with Crippen LogP contribution < -0.4 is 5.32 Å². The Balaban J connectivity index is 2.11. The minimum Gasteiger partial charge on any atom is -0.325 e. The van der Waals surface area contributed by atoms with Crippen LogP contribution in [0.5, 0.6) is 0 Å². The van der Waals surface area contributed by atoms with Crippen molar-refractivity contribution in [1.82, 2.24) is 0 Å². The lowest BCUT2D eigenvalue weighted by Gasteiger charge is -2.14. The Kier molecular flexibility index (Phi) is 3.28. The summed E-state index contributed by atoms with van der Waals surface area (Å²) in [5, 5.41) is 3.08. The highest BCUT2D eigenvalue weighted by molar-refractivity contribution is 5.94. The summed E-state index contributed by atoms with van der Waals surface area (Å²) in [7, 11) is 0. The molecule has 1 N–H and O–H groups in total. The molecular formula is C14H19NO. The summed E-state index contributed by atoms with van der Waals surface area (Å²) in [5.74, 6) is 0.439. The van der Waals surface area contributed by atoms with E-state index < -0.39 is 0 Å². The lowest BCUT2D eigenvalue weighted by molar-refractivity contribution is -0.119. The molecule has 0 radical (unpaired) electrons. The largest absolute Gasteiger partial charge is 0.325 e. The molecule has 2 rings (SSSR count). The molecule has 1 amide bonds. The Morgan fingerprint density at radius 3 is 2.31 bits per heavy atom. The Hall–Kier alpha value is -1.31. The molecular weight excluding hydrogens is 198 g/mol. The summed E-state index contributed by atoms with van der Waals surface area (Å²) < 4.78 is 0. The number of carbonyl (C=O) groups is 1. The van der Waals surface area contributed by atoms with Crippen LogP contribution in [-0.4, -0.2) is 5.91 Å². The lowest BCUT2D eigenvalue weighted by Crippen LogP contribution is -2.21. The molecule has 0 bridgehead atoms. The molecule has 0 saturated heterocycles. The van der Waals surface area contributed by atoms with E-state index in [4.69, 9.17) is 0 Å². The van der Waals surface area contributed by atoms with E-state index in [0.29, 0.717) is 0 Å². The summed E-state index contributed by atoms with van der Waals surface area (Å²) in [6.45, 7) is 4.08. The molecule has 2 heteroatoms. The van der Waals surface area contributed by atoms with Gasteiger partial charge in [0.2, 0.25) is 5.91 Å². The number of hydrogen-bond donors (Lipinski definition) is 1. The van der Waals surface area contributed by atoms with Gasteiger partial charge >= 0.3 is 0 Å². The molecule has 2 nitrogen and oxygen atoms in total. The minimum atomic E-state index is 0.204. The number of benzene rings is 1. The first-order valence-corrected chi connectivity index (χ1v) is 6.05. The zero-order chi connectivity index (χ0) is 11.5. The number of rotatable bonds is 2. The first-order chi connectivity index (χ1) is 7.68. The Bertz CT molecular complexity index is 371. The highest BCUT2D eigenvalue weighted by Gasteiger charge is 2.23. The standard InChI is InChI=1S/C14H19NO/c1-10-6-5-7-11(2)13(10)15-14(16)12-8-3-4-9-12/h5-7,12H,3-4,8-9H2,1-2H3,(H,15,16). The number of aryl methyl sites for hydroxylation is 2. The van der Waals surface area contributed by atoms with Gasteiger partial charge in [-0.25, -0.2) is 0 Å². The van der Waals surface area contributed by atoms with Crippen molar-refractivity contribution in [2.45, 2.75) is 39.5 Å². The van der Waals surface area contributed by atoms with Gasteiger partial charge in [-0.2, -0.15) is 0 Å². The number of hydrogen-bond acceptors (Lipinski definition) is 1. The van der Waals surface area contributed by atoms with E-state index >= 15 is 0 Å². The molecule has 1 aromatic rings. The van der Waals surface area contributed by atoms with Gasteiger partial charge in [0.25, 0.3) is 0 Å². The summed E-state index contributed by atoms with van der Waals surface area (Å²) >= 11 is 0. The molecule has 0 aromatic heterocycles.